The predicted molar refractivity (Wildman–Crippen MR) is 65.4 cm³/mol. The van der Waals surface area contributed by atoms with E-state index in [1.807, 2.05) is 26.0 Å². The van der Waals surface area contributed by atoms with Crippen molar-refractivity contribution in [3.8, 4) is 0 Å². The maximum atomic E-state index is 12.1. The van der Waals surface area contributed by atoms with E-state index >= 15 is 0 Å². The molecule has 0 N–H and O–H groups in total. The van der Waals surface area contributed by atoms with Gasteiger partial charge >= 0.3 is 0 Å². The summed E-state index contributed by atoms with van der Waals surface area (Å²) in [4.78, 5) is 25.7. The highest BCUT2D eigenvalue weighted by molar-refractivity contribution is 6.52. The molecule has 2 aliphatic rings. The number of benzene rings is 1. The molecule has 88 valence electrons. The summed E-state index contributed by atoms with van der Waals surface area (Å²) in [7, 11) is 0. The smallest absolute Gasteiger partial charge is 0.299 e. The maximum Gasteiger partial charge on any atom is 0.299 e. The Labute approximate surface area is 100 Å². The highest BCUT2D eigenvalue weighted by Gasteiger charge is 2.48. The third kappa shape index (κ3) is 1.17. The summed E-state index contributed by atoms with van der Waals surface area (Å²) in [5.74, 6) is -0.344. The van der Waals surface area contributed by atoms with Gasteiger partial charge in [-0.25, -0.2) is 0 Å². The Bertz CT molecular complexity index is 545. The van der Waals surface area contributed by atoms with Gasteiger partial charge in [0.1, 0.15) is 0 Å². The Morgan fingerprint density at radius 3 is 2.71 bits per heavy atom. The van der Waals surface area contributed by atoms with Crippen LogP contribution >= 0.6 is 0 Å². The first-order chi connectivity index (χ1) is 7.93. The van der Waals surface area contributed by atoms with Crippen molar-refractivity contribution in [2.75, 3.05) is 4.90 Å². The van der Waals surface area contributed by atoms with Crippen LogP contribution < -0.4 is 4.90 Å². The van der Waals surface area contributed by atoms with E-state index in [0.717, 1.165) is 17.7 Å². The van der Waals surface area contributed by atoms with Gasteiger partial charge in [0.15, 0.2) is 0 Å². The van der Waals surface area contributed by atoms with Gasteiger partial charge in [-0.2, -0.15) is 0 Å². The van der Waals surface area contributed by atoms with Crippen LogP contribution in [0.2, 0.25) is 0 Å². The van der Waals surface area contributed by atoms with Crippen molar-refractivity contribution in [1.29, 1.82) is 0 Å². The van der Waals surface area contributed by atoms with Gasteiger partial charge in [0, 0.05) is 5.54 Å². The normalized spacial score (nSPS) is 25.1. The number of rotatable bonds is 0. The zero-order chi connectivity index (χ0) is 12.4. The number of hydrogen-bond donors (Lipinski definition) is 0. The minimum absolute atomic E-state index is 0.272. The molecule has 1 amide bonds. The fraction of sp³-hybridized carbons (Fsp3) is 0.429. The molecule has 0 bridgehead atoms. The van der Waals surface area contributed by atoms with Crippen LogP contribution in [0.4, 0.5) is 5.69 Å². The van der Waals surface area contributed by atoms with Gasteiger partial charge in [0.2, 0.25) is 0 Å². The molecule has 0 saturated heterocycles. The van der Waals surface area contributed by atoms with Gasteiger partial charge in [0.25, 0.3) is 11.7 Å². The number of carbonyl (C=O) groups excluding carboxylic acids is 2. The first-order valence-corrected chi connectivity index (χ1v) is 5.95. The standard InChI is InChI=1S/C14H15NO2/c1-8-7-14(2,3)15-11-9(8)5-4-6-10(11)12(16)13(15)17/h4-6,8H,7H2,1-3H3/t8-/m0/s1. The number of amides is 1. The Morgan fingerprint density at radius 1 is 1.29 bits per heavy atom. The third-order valence-corrected chi connectivity index (χ3v) is 3.87. The number of Topliss-reactive ketones (excluding diaryl/α,β-unsaturated/α-hetero) is 1. The second-order valence-corrected chi connectivity index (χ2v) is 5.63. The molecule has 3 nitrogen and oxygen atoms in total. The molecular formula is C14H15NO2. The van der Waals surface area contributed by atoms with E-state index in [4.69, 9.17) is 0 Å². The molecule has 2 aliphatic heterocycles. The van der Waals surface area contributed by atoms with Crippen molar-refractivity contribution in [3.63, 3.8) is 0 Å². The number of carbonyl (C=O) groups is 2. The molecule has 0 unspecified atom stereocenters. The van der Waals surface area contributed by atoms with Crippen molar-refractivity contribution in [1.82, 2.24) is 0 Å². The van der Waals surface area contributed by atoms with E-state index < -0.39 is 0 Å². The average Bonchev–Trinajstić information content (AvgIpc) is 2.50. The second-order valence-electron chi connectivity index (χ2n) is 5.63. The van der Waals surface area contributed by atoms with E-state index in [1.54, 1.807) is 11.0 Å². The van der Waals surface area contributed by atoms with Crippen LogP contribution in [0.5, 0.6) is 0 Å². The first kappa shape index (κ1) is 10.5. The zero-order valence-electron chi connectivity index (χ0n) is 10.3. The lowest BCUT2D eigenvalue weighted by molar-refractivity contribution is -0.115. The van der Waals surface area contributed by atoms with Crippen LogP contribution in [0.15, 0.2) is 18.2 Å². The summed E-state index contributed by atoms with van der Waals surface area (Å²) in [6, 6.07) is 5.66. The minimum atomic E-state index is -0.371. The van der Waals surface area contributed by atoms with E-state index in [-0.39, 0.29) is 17.2 Å². The highest BCUT2D eigenvalue weighted by atomic mass is 16.2. The largest absolute Gasteiger partial charge is 0.299 e. The van der Waals surface area contributed by atoms with E-state index in [1.165, 1.54) is 0 Å². The Morgan fingerprint density at radius 2 is 2.00 bits per heavy atom. The first-order valence-electron chi connectivity index (χ1n) is 5.95. The van der Waals surface area contributed by atoms with Gasteiger partial charge in [-0.3, -0.25) is 14.5 Å². The van der Waals surface area contributed by atoms with E-state index in [2.05, 4.69) is 6.92 Å². The lowest BCUT2D eigenvalue weighted by atomic mass is 9.80. The zero-order valence-corrected chi connectivity index (χ0v) is 10.3. The molecule has 0 radical (unpaired) electrons. The van der Waals surface area contributed by atoms with Crippen LogP contribution in [0.25, 0.3) is 0 Å². The molecule has 0 saturated carbocycles. The molecule has 1 atom stereocenters. The molecule has 1 aromatic rings. The monoisotopic (exact) mass is 229 g/mol. The SMILES string of the molecule is C[C@H]1CC(C)(C)N2C(=O)C(=O)c3cccc1c32. The lowest BCUT2D eigenvalue weighted by Crippen LogP contribution is -2.50. The van der Waals surface area contributed by atoms with Crippen molar-refractivity contribution >= 4 is 17.4 Å². The Balaban J connectivity index is 2.34. The number of nitrogens with zero attached hydrogens (tertiary/aromatic N) is 1. The van der Waals surface area contributed by atoms with Crippen molar-refractivity contribution in [2.24, 2.45) is 0 Å². The summed E-state index contributed by atoms with van der Waals surface area (Å²) in [5.41, 5.74) is 2.28. The predicted octanol–water partition coefficient (Wildman–Crippen LogP) is 2.50. The van der Waals surface area contributed by atoms with Crippen LogP contribution in [0, 0.1) is 0 Å². The summed E-state index contributed by atoms with van der Waals surface area (Å²) >= 11 is 0. The van der Waals surface area contributed by atoms with Gasteiger partial charge in [0.05, 0.1) is 11.3 Å². The van der Waals surface area contributed by atoms with Crippen molar-refractivity contribution < 1.29 is 9.59 Å². The minimum Gasteiger partial charge on any atom is -0.299 e. The summed E-state index contributed by atoms with van der Waals surface area (Å²) in [6.07, 6.45) is 0.891. The van der Waals surface area contributed by atoms with Crippen molar-refractivity contribution in [2.45, 2.75) is 38.6 Å². The van der Waals surface area contributed by atoms with Gasteiger partial charge < -0.3 is 0 Å². The lowest BCUT2D eigenvalue weighted by Gasteiger charge is -2.43. The number of anilines is 1. The number of hydrogen-bond acceptors (Lipinski definition) is 2. The van der Waals surface area contributed by atoms with Gasteiger partial charge in [-0.15, -0.1) is 0 Å². The molecule has 2 heterocycles. The maximum absolute atomic E-state index is 12.1. The van der Waals surface area contributed by atoms with Gasteiger partial charge in [-0.1, -0.05) is 19.1 Å². The fourth-order valence-corrected chi connectivity index (χ4v) is 3.24. The van der Waals surface area contributed by atoms with E-state index in [9.17, 15) is 9.59 Å². The van der Waals surface area contributed by atoms with Crippen LogP contribution in [-0.4, -0.2) is 17.2 Å². The summed E-state index contributed by atoms with van der Waals surface area (Å²) in [5, 5.41) is 0. The molecule has 0 aliphatic carbocycles. The molecule has 3 rings (SSSR count). The molecule has 1 aromatic carbocycles. The van der Waals surface area contributed by atoms with Crippen LogP contribution in [0.1, 0.15) is 49.0 Å². The van der Waals surface area contributed by atoms with Crippen LogP contribution in [0.3, 0.4) is 0 Å². The molecule has 3 heteroatoms. The topological polar surface area (TPSA) is 37.4 Å². The highest BCUT2D eigenvalue weighted by Crippen LogP contribution is 2.48. The Hall–Kier alpha value is -1.64. The molecule has 0 aromatic heterocycles. The van der Waals surface area contributed by atoms with Crippen molar-refractivity contribution in [3.05, 3.63) is 29.3 Å². The fourth-order valence-electron chi connectivity index (χ4n) is 3.24. The summed E-state index contributed by atoms with van der Waals surface area (Å²) < 4.78 is 0. The molecule has 17 heavy (non-hydrogen) atoms. The average molecular weight is 229 g/mol. The molecular weight excluding hydrogens is 214 g/mol. The Kier molecular flexibility index (Phi) is 1.84. The summed E-state index contributed by atoms with van der Waals surface area (Å²) in [6.45, 7) is 6.21. The third-order valence-electron chi connectivity index (χ3n) is 3.87. The van der Waals surface area contributed by atoms with Gasteiger partial charge in [-0.05, 0) is 37.8 Å². The van der Waals surface area contributed by atoms with Crippen LogP contribution in [-0.2, 0) is 4.79 Å². The number of para-hydroxylation sites is 1. The van der Waals surface area contributed by atoms with E-state index in [0.29, 0.717) is 11.5 Å². The quantitative estimate of drug-likeness (QED) is 0.641. The number of ketones is 1. The second kappa shape index (κ2) is 2.97. The molecule has 0 spiro atoms. The molecule has 0 fully saturated rings.